The molecule has 0 spiro atoms. The number of ketones is 1. The molecule has 4 nitrogen and oxygen atoms in total. The first-order chi connectivity index (χ1) is 5.99. The normalized spacial score (nSPS) is 12.9. The maximum atomic E-state index is 12.0. The Labute approximate surface area is 75.6 Å². The minimum absolute atomic E-state index is 0.280. The summed E-state index contributed by atoms with van der Waals surface area (Å²) in [6.45, 7) is 1.39. The van der Waals surface area contributed by atoms with Crippen LogP contribution in [0.15, 0.2) is 12.3 Å². The number of rotatable bonds is 4. The van der Waals surface area contributed by atoms with Crippen molar-refractivity contribution in [1.29, 1.82) is 0 Å². The van der Waals surface area contributed by atoms with Crippen molar-refractivity contribution in [1.82, 2.24) is 4.90 Å². The molecule has 0 aliphatic heterocycles. The highest BCUT2D eigenvalue weighted by Crippen LogP contribution is 1.99. The number of aliphatic hydroxyl groups excluding tert-OH is 1. The summed E-state index contributed by atoms with van der Waals surface area (Å²) in [6, 6.07) is 0. The second kappa shape index (κ2) is 5.42. The Morgan fingerprint density at radius 1 is 1.54 bits per heavy atom. The second-order valence-electron chi connectivity index (χ2n) is 2.49. The van der Waals surface area contributed by atoms with Gasteiger partial charge in [0.05, 0.1) is 0 Å². The van der Waals surface area contributed by atoms with E-state index in [1.165, 1.54) is 13.8 Å². The van der Waals surface area contributed by atoms with E-state index < -0.39 is 18.8 Å². The molecule has 5 heteroatoms. The van der Waals surface area contributed by atoms with E-state index in [2.05, 4.69) is 0 Å². The van der Waals surface area contributed by atoms with Crippen LogP contribution in [0.5, 0.6) is 0 Å². The molecule has 0 radical (unpaired) electrons. The molecule has 0 bridgehead atoms. The van der Waals surface area contributed by atoms with Crippen molar-refractivity contribution in [2.75, 3.05) is 6.67 Å². The first-order valence-corrected chi connectivity index (χ1v) is 3.70. The van der Waals surface area contributed by atoms with E-state index in [9.17, 15) is 14.0 Å². The third-order valence-corrected chi connectivity index (χ3v) is 1.29. The summed E-state index contributed by atoms with van der Waals surface area (Å²) in [6.07, 6.45) is 0.628. The van der Waals surface area contributed by atoms with Crippen molar-refractivity contribution in [3.63, 3.8) is 0 Å². The summed E-state index contributed by atoms with van der Waals surface area (Å²) in [5, 5.41) is 8.97. The van der Waals surface area contributed by atoms with Gasteiger partial charge in [-0.25, -0.2) is 4.39 Å². The van der Waals surface area contributed by atoms with E-state index in [4.69, 9.17) is 5.11 Å². The van der Waals surface area contributed by atoms with E-state index in [1.54, 1.807) is 0 Å². The van der Waals surface area contributed by atoms with Gasteiger partial charge in [-0.15, -0.1) is 0 Å². The number of hydrogen-bond donors (Lipinski definition) is 1. The molecule has 0 saturated heterocycles. The van der Waals surface area contributed by atoms with Gasteiger partial charge in [-0.1, -0.05) is 0 Å². The van der Waals surface area contributed by atoms with Gasteiger partial charge < -0.3 is 5.11 Å². The number of carbonyl (C=O) groups is 2. The molecule has 0 rings (SSSR count). The average molecular weight is 189 g/mol. The molecule has 1 N–H and O–H groups in total. The largest absolute Gasteiger partial charge is 0.370 e. The molecule has 0 aromatic heterocycles. The quantitative estimate of drug-likeness (QED) is 0.508. The molecule has 13 heavy (non-hydrogen) atoms. The van der Waals surface area contributed by atoms with Crippen LogP contribution in [-0.2, 0) is 9.59 Å². The topological polar surface area (TPSA) is 57.6 Å². The van der Waals surface area contributed by atoms with E-state index in [-0.39, 0.29) is 5.78 Å². The number of nitrogens with zero attached hydrogens (tertiary/aromatic N) is 1. The third kappa shape index (κ3) is 4.37. The molecule has 0 fully saturated rings. The number of aliphatic hydroxyl groups is 1. The predicted molar refractivity (Wildman–Crippen MR) is 44.3 cm³/mol. The van der Waals surface area contributed by atoms with Gasteiger partial charge in [-0.3, -0.25) is 14.5 Å². The zero-order valence-electron chi connectivity index (χ0n) is 7.53. The molecule has 74 valence electrons. The molecule has 0 heterocycles. The predicted octanol–water partition coefficient (Wildman–Crippen LogP) is 0.225. The lowest BCUT2D eigenvalue weighted by atomic mass is 10.4. The number of amides is 1. The molecular weight excluding hydrogens is 177 g/mol. The number of hydrogen-bond acceptors (Lipinski definition) is 3. The van der Waals surface area contributed by atoms with Crippen molar-refractivity contribution in [2.45, 2.75) is 20.1 Å². The van der Waals surface area contributed by atoms with Gasteiger partial charge in [0.15, 0.2) is 12.0 Å². The van der Waals surface area contributed by atoms with Crippen molar-refractivity contribution in [2.24, 2.45) is 0 Å². The SMILES string of the molecule is CC(=O)/C=C\N(C(C)=O)[C@H](O)CF. The molecule has 1 atom stereocenters. The fourth-order valence-corrected chi connectivity index (χ4v) is 0.674. The van der Waals surface area contributed by atoms with Gasteiger partial charge >= 0.3 is 0 Å². The lowest BCUT2D eigenvalue weighted by Gasteiger charge is -2.20. The number of carbonyl (C=O) groups excluding carboxylic acids is 2. The summed E-state index contributed by atoms with van der Waals surface area (Å²) in [4.78, 5) is 22.0. The van der Waals surface area contributed by atoms with E-state index in [0.717, 1.165) is 17.2 Å². The fourth-order valence-electron chi connectivity index (χ4n) is 0.674. The van der Waals surface area contributed by atoms with Crippen molar-refractivity contribution in [3.8, 4) is 0 Å². The number of halogens is 1. The highest BCUT2D eigenvalue weighted by molar-refractivity contribution is 5.87. The maximum Gasteiger partial charge on any atom is 0.225 e. The zero-order valence-corrected chi connectivity index (χ0v) is 7.53. The van der Waals surface area contributed by atoms with Crippen LogP contribution in [0.1, 0.15) is 13.8 Å². The number of alkyl halides is 1. The average Bonchev–Trinajstić information content (AvgIpc) is 2.03. The minimum Gasteiger partial charge on any atom is -0.370 e. The van der Waals surface area contributed by atoms with Crippen LogP contribution < -0.4 is 0 Å². The smallest absolute Gasteiger partial charge is 0.225 e. The number of allylic oxidation sites excluding steroid dienone is 1. The van der Waals surface area contributed by atoms with Gasteiger partial charge in [0.1, 0.15) is 6.67 Å². The van der Waals surface area contributed by atoms with Crippen LogP contribution in [0, 0.1) is 0 Å². The third-order valence-electron chi connectivity index (χ3n) is 1.29. The Morgan fingerprint density at radius 2 is 2.08 bits per heavy atom. The molecule has 0 aromatic carbocycles. The first-order valence-electron chi connectivity index (χ1n) is 3.70. The summed E-state index contributed by atoms with van der Waals surface area (Å²) in [5.41, 5.74) is 0. The van der Waals surface area contributed by atoms with Crippen LogP contribution in [0.25, 0.3) is 0 Å². The molecular formula is C8H12FNO3. The summed E-state index contributed by atoms with van der Waals surface area (Å²) in [5.74, 6) is -0.806. The molecule has 1 amide bonds. The molecule has 0 saturated carbocycles. The highest BCUT2D eigenvalue weighted by Gasteiger charge is 2.15. The Kier molecular flexibility index (Phi) is 4.91. The molecule has 0 unspecified atom stereocenters. The van der Waals surface area contributed by atoms with Gasteiger partial charge in [0, 0.05) is 13.1 Å². The Morgan fingerprint density at radius 3 is 2.38 bits per heavy atom. The van der Waals surface area contributed by atoms with Crippen molar-refractivity contribution < 1.29 is 19.1 Å². The first kappa shape index (κ1) is 11.8. The van der Waals surface area contributed by atoms with Crippen LogP contribution in [0.4, 0.5) is 4.39 Å². The maximum absolute atomic E-state index is 12.0. The molecule has 0 aliphatic carbocycles. The lowest BCUT2D eigenvalue weighted by molar-refractivity contribution is -0.134. The van der Waals surface area contributed by atoms with E-state index in [0.29, 0.717) is 0 Å². The van der Waals surface area contributed by atoms with Crippen molar-refractivity contribution in [3.05, 3.63) is 12.3 Å². The summed E-state index contributed by atoms with van der Waals surface area (Å²) < 4.78 is 12.0. The summed E-state index contributed by atoms with van der Waals surface area (Å²) in [7, 11) is 0. The van der Waals surface area contributed by atoms with E-state index in [1.807, 2.05) is 0 Å². The van der Waals surface area contributed by atoms with Gasteiger partial charge in [0.2, 0.25) is 5.91 Å². The molecule has 0 aliphatic rings. The second-order valence-corrected chi connectivity index (χ2v) is 2.49. The Hall–Kier alpha value is -1.23. The lowest BCUT2D eigenvalue weighted by Crippen LogP contribution is -2.36. The van der Waals surface area contributed by atoms with Crippen LogP contribution >= 0.6 is 0 Å². The van der Waals surface area contributed by atoms with Crippen molar-refractivity contribution >= 4 is 11.7 Å². The van der Waals surface area contributed by atoms with Gasteiger partial charge in [0.25, 0.3) is 0 Å². The zero-order chi connectivity index (χ0) is 10.4. The van der Waals surface area contributed by atoms with Crippen LogP contribution in [0.2, 0.25) is 0 Å². The standard InChI is InChI=1S/C8H12FNO3/c1-6(11)3-4-10(7(2)12)8(13)5-9/h3-4,8,13H,5H2,1-2H3/b4-3-/t8-/m1/s1. The minimum atomic E-state index is -1.52. The monoisotopic (exact) mass is 189 g/mol. The van der Waals surface area contributed by atoms with E-state index >= 15 is 0 Å². The highest BCUT2D eigenvalue weighted by atomic mass is 19.1. The van der Waals surface area contributed by atoms with Crippen LogP contribution in [0.3, 0.4) is 0 Å². The van der Waals surface area contributed by atoms with Gasteiger partial charge in [-0.2, -0.15) is 0 Å². The van der Waals surface area contributed by atoms with Gasteiger partial charge in [-0.05, 0) is 13.0 Å². The van der Waals surface area contributed by atoms with Crippen LogP contribution in [-0.4, -0.2) is 34.6 Å². The fraction of sp³-hybridized carbons (Fsp3) is 0.500. The summed E-state index contributed by atoms with van der Waals surface area (Å²) >= 11 is 0. The Bertz CT molecular complexity index is 227. The molecule has 0 aromatic rings. The Balaban J connectivity index is 4.43.